The molecule has 8 heteroatoms. The molecule has 0 aliphatic carbocycles. The highest BCUT2D eigenvalue weighted by atomic mass is 32.1. The van der Waals surface area contributed by atoms with E-state index in [9.17, 15) is 9.90 Å². The van der Waals surface area contributed by atoms with E-state index in [1.54, 1.807) is 30.6 Å². The van der Waals surface area contributed by atoms with E-state index in [1.165, 1.54) is 24.5 Å². The number of phenolic OH excluding ortho intramolecular Hbond substituents is 1. The van der Waals surface area contributed by atoms with Crippen molar-refractivity contribution in [3.63, 3.8) is 0 Å². The fourth-order valence-corrected chi connectivity index (χ4v) is 2.92. The highest BCUT2D eigenvalue weighted by Gasteiger charge is 2.11. The molecule has 0 aliphatic rings. The number of rotatable bonds is 6. The van der Waals surface area contributed by atoms with Crippen molar-refractivity contribution in [2.24, 2.45) is 0 Å². The molecule has 128 valence electrons. The number of thiazole rings is 1. The van der Waals surface area contributed by atoms with Gasteiger partial charge in [-0.25, -0.2) is 15.0 Å². The molecule has 0 saturated carbocycles. The Hall–Kier alpha value is -3.00. The second-order valence-electron chi connectivity index (χ2n) is 5.18. The molecule has 0 atom stereocenters. The van der Waals surface area contributed by atoms with Crippen LogP contribution in [0.2, 0.25) is 0 Å². The van der Waals surface area contributed by atoms with Crippen molar-refractivity contribution in [2.45, 2.75) is 13.0 Å². The summed E-state index contributed by atoms with van der Waals surface area (Å²) in [6.07, 6.45) is 3.49. The first-order valence-electron chi connectivity index (χ1n) is 7.50. The third kappa shape index (κ3) is 4.30. The van der Waals surface area contributed by atoms with Crippen LogP contribution in [0.1, 0.15) is 11.3 Å². The normalized spacial score (nSPS) is 10.4. The highest BCUT2D eigenvalue weighted by Crippen LogP contribution is 2.26. The van der Waals surface area contributed by atoms with E-state index in [0.29, 0.717) is 28.8 Å². The molecule has 2 heterocycles. The maximum atomic E-state index is 12.1. The van der Waals surface area contributed by atoms with Crippen LogP contribution in [0, 0.1) is 0 Å². The Bertz CT molecular complexity index is 867. The summed E-state index contributed by atoms with van der Waals surface area (Å²) >= 11 is 1.41. The van der Waals surface area contributed by atoms with Crippen LogP contribution in [0.25, 0.3) is 10.8 Å². The summed E-state index contributed by atoms with van der Waals surface area (Å²) in [5, 5.41) is 14.9. The molecule has 0 bridgehead atoms. The lowest BCUT2D eigenvalue weighted by molar-refractivity contribution is -0.120. The first kappa shape index (κ1) is 16.8. The van der Waals surface area contributed by atoms with Gasteiger partial charge in [-0.05, 0) is 23.8 Å². The third-order valence-electron chi connectivity index (χ3n) is 3.38. The molecule has 0 spiro atoms. The fraction of sp³-hybridized carbons (Fsp3) is 0.176. The summed E-state index contributed by atoms with van der Waals surface area (Å²) in [7, 11) is 1.48. The average molecular weight is 356 g/mol. The van der Waals surface area contributed by atoms with E-state index in [-0.39, 0.29) is 18.1 Å². The van der Waals surface area contributed by atoms with Gasteiger partial charge in [0.15, 0.2) is 22.3 Å². The van der Waals surface area contributed by atoms with Gasteiger partial charge in [-0.15, -0.1) is 11.3 Å². The Kier molecular flexibility index (Phi) is 5.20. The summed E-state index contributed by atoms with van der Waals surface area (Å²) in [5.74, 6) is 0.850. The predicted octanol–water partition coefficient (Wildman–Crippen LogP) is 2.17. The van der Waals surface area contributed by atoms with Crippen molar-refractivity contribution in [3.8, 4) is 22.3 Å². The number of phenols is 1. The number of nitrogens with one attached hydrogen (secondary N) is 1. The van der Waals surface area contributed by atoms with Gasteiger partial charge < -0.3 is 15.2 Å². The second-order valence-corrected chi connectivity index (χ2v) is 6.03. The van der Waals surface area contributed by atoms with Crippen molar-refractivity contribution in [2.75, 3.05) is 7.11 Å². The third-order valence-corrected chi connectivity index (χ3v) is 4.27. The van der Waals surface area contributed by atoms with Gasteiger partial charge in [0.1, 0.15) is 0 Å². The maximum absolute atomic E-state index is 12.1. The smallest absolute Gasteiger partial charge is 0.226 e. The maximum Gasteiger partial charge on any atom is 0.226 e. The molecule has 3 aromatic rings. The van der Waals surface area contributed by atoms with E-state index >= 15 is 0 Å². The Morgan fingerprint density at radius 1 is 1.32 bits per heavy atom. The van der Waals surface area contributed by atoms with Crippen molar-refractivity contribution in [3.05, 3.63) is 53.3 Å². The largest absolute Gasteiger partial charge is 0.504 e. The summed E-state index contributed by atoms with van der Waals surface area (Å²) < 4.78 is 5.05. The van der Waals surface area contributed by atoms with E-state index in [1.807, 2.05) is 5.38 Å². The van der Waals surface area contributed by atoms with E-state index < -0.39 is 0 Å². The minimum absolute atomic E-state index is 0.0655. The van der Waals surface area contributed by atoms with Crippen LogP contribution < -0.4 is 10.1 Å². The molecule has 1 amide bonds. The van der Waals surface area contributed by atoms with Crippen LogP contribution in [-0.2, 0) is 17.8 Å². The predicted molar refractivity (Wildman–Crippen MR) is 93.3 cm³/mol. The molecule has 0 fully saturated rings. The molecule has 0 aliphatic heterocycles. The monoisotopic (exact) mass is 356 g/mol. The Morgan fingerprint density at radius 2 is 2.12 bits per heavy atom. The minimum atomic E-state index is -0.141. The van der Waals surface area contributed by atoms with Crippen LogP contribution in [0.3, 0.4) is 0 Å². The van der Waals surface area contributed by atoms with Gasteiger partial charge in [0.25, 0.3) is 0 Å². The van der Waals surface area contributed by atoms with Gasteiger partial charge in [0, 0.05) is 24.3 Å². The summed E-state index contributed by atoms with van der Waals surface area (Å²) in [5.41, 5.74) is 1.51. The molecule has 3 rings (SSSR count). The van der Waals surface area contributed by atoms with Crippen LogP contribution in [0.4, 0.5) is 0 Å². The summed E-state index contributed by atoms with van der Waals surface area (Å²) in [6, 6.07) is 6.69. The number of hydrogen-bond acceptors (Lipinski definition) is 7. The number of nitrogens with zero attached hydrogens (tertiary/aromatic N) is 3. The van der Waals surface area contributed by atoms with Crippen molar-refractivity contribution >= 4 is 17.2 Å². The quantitative estimate of drug-likeness (QED) is 0.702. The number of hydrogen-bond donors (Lipinski definition) is 2. The number of carbonyl (C=O) groups is 1. The van der Waals surface area contributed by atoms with Crippen LogP contribution in [0.15, 0.2) is 42.0 Å². The molecule has 0 unspecified atom stereocenters. The van der Waals surface area contributed by atoms with Crippen molar-refractivity contribution in [1.82, 2.24) is 20.3 Å². The van der Waals surface area contributed by atoms with E-state index in [0.717, 1.165) is 5.56 Å². The topological polar surface area (TPSA) is 97.2 Å². The van der Waals surface area contributed by atoms with Gasteiger partial charge in [-0.2, -0.15) is 0 Å². The molecule has 2 N–H and O–H groups in total. The SMILES string of the molecule is COc1cc(CNC(=O)Cc2csc(-c3ncccn3)n2)ccc1O. The molecule has 0 radical (unpaired) electrons. The molecule has 7 nitrogen and oxygen atoms in total. The number of methoxy groups -OCH3 is 1. The summed E-state index contributed by atoms with van der Waals surface area (Å²) in [6.45, 7) is 0.342. The number of benzene rings is 1. The standard InChI is InChI=1S/C17H16N4O3S/c1-24-14-7-11(3-4-13(14)22)9-20-15(23)8-12-10-25-17(21-12)16-18-5-2-6-19-16/h2-7,10,22H,8-9H2,1H3,(H,20,23). The molecular formula is C17H16N4O3S. The molecule has 0 saturated heterocycles. The second kappa shape index (κ2) is 7.71. The fourth-order valence-electron chi connectivity index (χ4n) is 2.16. The van der Waals surface area contributed by atoms with Crippen molar-refractivity contribution < 1.29 is 14.6 Å². The number of aromatic nitrogens is 3. The van der Waals surface area contributed by atoms with Gasteiger partial charge in [0.2, 0.25) is 5.91 Å². The molecule has 1 aromatic carbocycles. The zero-order chi connectivity index (χ0) is 17.6. The lowest BCUT2D eigenvalue weighted by atomic mass is 10.2. The number of ether oxygens (including phenoxy) is 1. The molecule has 2 aromatic heterocycles. The summed E-state index contributed by atoms with van der Waals surface area (Å²) in [4.78, 5) is 24.8. The zero-order valence-corrected chi connectivity index (χ0v) is 14.3. The van der Waals surface area contributed by atoms with E-state index in [4.69, 9.17) is 4.74 Å². The minimum Gasteiger partial charge on any atom is -0.504 e. The van der Waals surface area contributed by atoms with Crippen molar-refractivity contribution in [1.29, 1.82) is 0 Å². The zero-order valence-electron chi connectivity index (χ0n) is 13.5. The van der Waals surface area contributed by atoms with Crippen LogP contribution in [-0.4, -0.2) is 33.1 Å². The number of amides is 1. The Morgan fingerprint density at radius 3 is 2.88 bits per heavy atom. The van der Waals surface area contributed by atoms with Gasteiger partial charge in [-0.1, -0.05) is 6.07 Å². The van der Waals surface area contributed by atoms with Crippen LogP contribution >= 0.6 is 11.3 Å². The number of carbonyl (C=O) groups excluding carboxylic acids is 1. The lowest BCUT2D eigenvalue weighted by Gasteiger charge is -2.08. The van der Waals surface area contributed by atoms with Gasteiger partial charge in [-0.3, -0.25) is 4.79 Å². The first-order chi connectivity index (χ1) is 12.2. The van der Waals surface area contributed by atoms with Crippen LogP contribution in [0.5, 0.6) is 11.5 Å². The van der Waals surface area contributed by atoms with Gasteiger partial charge in [0.05, 0.1) is 19.2 Å². The molecular weight excluding hydrogens is 340 g/mol. The first-order valence-corrected chi connectivity index (χ1v) is 8.38. The lowest BCUT2D eigenvalue weighted by Crippen LogP contribution is -2.24. The number of aromatic hydroxyl groups is 1. The Labute approximate surface area is 148 Å². The molecule has 25 heavy (non-hydrogen) atoms. The average Bonchev–Trinajstić information content (AvgIpc) is 3.10. The highest BCUT2D eigenvalue weighted by molar-refractivity contribution is 7.13. The Balaban J connectivity index is 1.57. The van der Waals surface area contributed by atoms with Gasteiger partial charge >= 0.3 is 0 Å². The van der Waals surface area contributed by atoms with E-state index in [2.05, 4.69) is 20.3 Å².